The summed E-state index contributed by atoms with van der Waals surface area (Å²) in [4.78, 5) is 23.3. The van der Waals surface area contributed by atoms with Crippen LogP contribution in [0.5, 0.6) is 5.75 Å². The van der Waals surface area contributed by atoms with Gasteiger partial charge in [-0.15, -0.1) is 0 Å². The van der Waals surface area contributed by atoms with E-state index in [0.29, 0.717) is 18.8 Å². The summed E-state index contributed by atoms with van der Waals surface area (Å²) in [5.74, 6) is 1.15. The molecule has 5 heteroatoms. The van der Waals surface area contributed by atoms with E-state index in [2.05, 4.69) is 22.8 Å². The number of ether oxygens (including phenoxy) is 1. The molecule has 1 aromatic carbocycles. The number of nitrogens with one attached hydrogen (secondary N) is 2. The summed E-state index contributed by atoms with van der Waals surface area (Å²) in [6, 6.07) is 7.85. The molecular weight excluding hydrogens is 280 g/mol. The van der Waals surface area contributed by atoms with Crippen LogP contribution in [0.1, 0.15) is 51.0 Å². The molecule has 118 valence electrons. The summed E-state index contributed by atoms with van der Waals surface area (Å²) in [5.41, 5.74) is 0.601. The van der Waals surface area contributed by atoms with Gasteiger partial charge < -0.3 is 10.1 Å². The lowest BCUT2D eigenvalue weighted by Crippen LogP contribution is -2.49. The van der Waals surface area contributed by atoms with E-state index >= 15 is 0 Å². The van der Waals surface area contributed by atoms with Crippen LogP contribution >= 0.6 is 0 Å². The lowest BCUT2D eigenvalue weighted by molar-refractivity contribution is -0.125. The third-order valence-corrected chi connectivity index (χ3v) is 4.58. The van der Waals surface area contributed by atoms with E-state index in [1.54, 1.807) is 0 Å². The average Bonchev–Trinajstić information content (AvgIpc) is 2.74. The highest BCUT2D eigenvalue weighted by atomic mass is 16.5. The van der Waals surface area contributed by atoms with E-state index in [1.165, 1.54) is 5.56 Å². The molecule has 1 saturated carbocycles. The molecule has 1 saturated heterocycles. The maximum absolute atomic E-state index is 11.9. The Morgan fingerprint density at radius 3 is 2.27 bits per heavy atom. The molecule has 0 unspecified atom stereocenters. The van der Waals surface area contributed by atoms with Gasteiger partial charge in [-0.25, -0.2) is 4.79 Å². The summed E-state index contributed by atoms with van der Waals surface area (Å²) in [6.07, 6.45) is 3.36. The van der Waals surface area contributed by atoms with E-state index in [9.17, 15) is 9.59 Å². The van der Waals surface area contributed by atoms with Crippen LogP contribution in [-0.2, 0) is 4.79 Å². The number of carbonyl (C=O) groups excluding carboxylic acids is 2. The molecule has 1 spiro atoms. The maximum atomic E-state index is 11.9. The second kappa shape index (κ2) is 5.63. The zero-order chi connectivity index (χ0) is 15.7. The Labute approximate surface area is 130 Å². The fraction of sp³-hybridized carbons (Fsp3) is 0.529. The standard InChI is InChI=1S/C17H22N2O3/c1-11(2)22-14-5-3-12(4-6-14)13-7-9-17(10-8-13)15(20)18-16(21)19-17/h3-6,11,13H,7-10H2,1-2H3,(H2,18,19,20,21). The normalized spacial score (nSPS) is 27.9. The summed E-state index contributed by atoms with van der Waals surface area (Å²) < 4.78 is 5.66. The molecule has 3 rings (SSSR count). The molecule has 2 aliphatic rings. The van der Waals surface area contributed by atoms with Gasteiger partial charge in [0.25, 0.3) is 5.91 Å². The van der Waals surface area contributed by atoms with Crippen LogP contribution in [0.2, 0.25) is 0 Å². The number of hydrogen-bond acceptors (Lipinski definition) is 3. The number of rotatable bonds is 3. The van der Waals surface area contributed by atoms with Gasteiger partial charge in [0.15, 0.2) is 0 Å². The van der Waals surface area contributed by atoms with Gasteiger partial charge in [0.05, 0.1) is 6.10 Å². The van der Waals surface area contributed by atoms with Crippen molar-refractivity contribution in [2.24, 2.45) is 0 Å². The van der Waals surface area contributed by atoms with Crippen LogP contribution in [0, 0.1) is 0 Å². The average molecular weight is 302 g/mol. The number of urea groups is 1. The first-order chi connectivity index (χ1) is 10.5. The Morgan fingerprint density at radius 2 is 1.77 bits per heavy atom. The number of carbonyl (C=O) groups is 2. The summed E-state index contributed by atoms with van der Waals surface area (Å²) in [5, 5.41) is 5.15. The Kier molecular flexibility index (Phi) is 3.81. The second-order valence-corrected chi connectivity index (χ2v) is 6.50. The minimum atomic E-state index is -0.672. The molecule has 5 nitrogen and oxygen atoms in total. The van der Waals surface area contributed by atoms with E-state index in [1.807, 2.05) is 26.0 Å². The van der Waals surface area contributed by atoms with Crippen molar-refractivity contribution < 1.29 is 14.3 Å². The van der Waals surface area contributed by atoms with E-state index in [4.69, 9.17) is 4.74 Å². The fourth-order valence-corrected chi connectivity index (χ4v) is 3.41. The first-order valence-corrected chi connectivity index (χ1v) is 7.89. The lowest BCUT2D eigenvalue weighted by Gasteiger charge is -2.34. The smallest absolute Gasteiger partial charge is 0.322 e. The highest BCUT2D eigenvalue weighted by Crippen LogP contribution is 2.39. The van der Waals surface area contributed by atoms with Crippen molar-refractivity contribution in [3.05, 3.63) is 29.8 Å². The Bertz CT molecular complexity index is 572. The van der Waals surface area contributed by atoms with Crippen LogP contribution in [0.3, 0.4) is 0 Å². The van der Waals surface area contributed by atoms with Crippen molar-refractivity contribution in [3.8, 4) is 5.75 Å². The van der Waals surface area contributed by atoms with E-state index in [0.717, 1.165) is 18.6 Å². The van der Waals surface area contributed by atoms with Gasteiger partial charge in [-0.2, -0.15) is 0 Å². The second-order valence-electron chi connectivity index (χ2n) is 6.50. The Balaban J connectivity index is 1.64. The van der Waals surface area contributed by atoms with Crippen molar-refractivity contribution in [1.82, 2.24) is 10.6 Å². The quantitative estimate of drug-likeness (QED) is 0.844. The predicted octanol–water partition coefficient (Wildman–Crippen LogP) is 2.71. The molecule has 1 aliphatic carbocycles. The zero-order valence-corrected chi connectivity index (χ0v) is 13.0. The molecule has 0 bridgehead atoms. The van der Waals surface area contributed by atoms with E-state index < -0.39 is 5.54 Å². The molecular formula is C17H22N2O3. The maximum Gasteiger partial charge on any atom is 0.322 e. The van der Waals surface area contributed by atoms with Crippen molar-refractivity contribution in [1.29, 1.82) is 0 Å². The Morgan fingerprint density at radius 1 is 1.14 bits per heavy atom. The van der Waals surface area contributed by atoms with Gasteiger partial charge in [0, 0.05) is 0 Å². The van der Waals surface area contributed by atoms with Crippen molar-refractivity contribution in [2.75, 3.05) is 0 Å². The third-order valence-electron chi connectivity index (χ3n) is 4.58. The lowest BCUT2D eigenvalue weighted by atomic mass is 9.74. The highest BCUT2D eigenvalue weighted by molar-refractivity contribution is 6.07. The molecule has 1 aliphatic heterocycles. The van der Waals surface area contributed by atoms with Crippen LogP contribution in [0.4, 0.5) is 4.79 Å². The molecule has 0 radical (unpaired) electrons. The zero-order valence-electron chi connectivity index (χ0n) is 13.0. The largest absolute Gasteiger partial charge is 0.491 e. The monoisotopic (exact) mass is 302 g/mol. The van der Waals surface area contributed by atoms with Gasteiger partial charge in [0.2, 0.25) is 0 Å². The first kappa shape index (κ1) is 14.9. The molecule has 0 aromatic heterocycles. The van der Waals surface area contributed by atoms with Crippen LogP contribution in [-0.4, -0.2) is 23.6 Å². The minimum Gasteiger partial charge on any atom is -0.491 e. The summed E-state index contributed by atoms with van der Waals surface area (Å²) in [7, 11) is 0. The minimum absolute atomic E-state index is 0.170. The van der Waals surface area contributed by atoms with Gasteiger partial charge in [-0.05, 0) is 63.1 Å². The number of amides is 3. The van der Waals surface area contributed by atoms with Crippen molar-refractivity contribution >= 4 is 11.9 Å². The van der Waals surface area contributed by atoms with Gasteiger partial charge in [0.1, 0.15) is 11.3 Å². The molecule has 3 amide bonds. The number of benzene rings is 1. The number of hydrogen-bond donors (Lipinski definition) is 2. The van der Waals surface area contributed by atoms with Crippen molar-refractivity contribution in [3.63, 3.8) is 0 Å². The first-order valence-electron chi connectivity index (χ1n) is 7.89. The van der Waals surface area contributed by atoms with E-state index in [-0.39, 0.29) is 18.0 Å². The molecule has 0 atom stereocenters. The van der Waals surface area contributed by atoms with Crippen LogP contribution in [0.25, 0.3) is 0 Å². The SMILES string of the molecule is CC(C)Oc1ccc(C2CCC3(CC2)NC(=O)NC3=O)cc1. The molecule has 2 N–H and O–H groups in total. The molecule has 22 heavy (non-hydrogen) atoms. The summed E-state index contributed by atoms with van der Waals surface area (Å²) >= 11 is 0. The number of imide groups is 1. The highest BCUT2D eigenvalue weighted by Gasteiger charge is 2.48. The topological polar surface area (TPSA) is 67.4 Å². The third kappa shape index (κ3) is 2.80. The molecule has 2 fully saturated rings. The van der Waals surface area contributed by atoms with Crippen LogP contribution < -0.4 is 15.4 Å². The van der Waals surface area contributed by atoms with Gasteiger partial charge >= 0.3 is 6.03 Å². The van der Waals surface area contributed by atoms with Crippen molar-refractivity contribution in [2.45, 2.75) is 57.1 Å². The van der Waals surface area contributed by atoms with Gasteiger partial charge in [-0.3, -0.25) is 10.1 Å². The van der Waals surface area contributed by atoms with Crippen LogP contribution in [0.15, 0.2) is 24.3 Å². The molecule has 1 aromatic rings. The summed E-state index contributed by atoms with van der Waals surface area (Å²) in [6.45, 7) is 4.02. The van der Waals surface area contributed by atoms with Gasteiger partial charge in [-0.1, -0.05) is 12.1 Å². The molecule has 1 heterocycles. The predicted molar refractivity (Wildman–Crippen MR) is 82.8 cm³/mol. The fourth-order valence-electron chi connectivity index (χ4n) is 3.41. The Hall–Kier alpha value is -2.04.